The van der Waals surface area contributed by atoms with Crippen molar-refractivity contribution in [2.45, 2.75) is 51.5 Å². The molecule has 0 saturated carbocycles. The molecule has 0 radical (unpaired) electrons. The summed E-state index contributed by atoms with van der Waals surface area (Å²) in [7, 11) is 2.04. The Bertz CT molecular complexity index is 294. The van der Waals surface area contributed by atoms with Crippen molar-refractivity contribution in [1.82, 2.24) is 9.80 Å². The number of piperidine rings is 1. The van der Waals surface area contributed by atoms with Crippen molar-refractivity contribution in [2.24, 2.45) is 0 Å². The number of rotatable bonds is 3. The van der Waals surface area contributed by atoms with Crippen molar-refractivity contribution in [3.05, 3.63) is 0 Å². The number of ether oxygens (including phenoxy) is 1. The van der Waals surface area contributed by atoms with Crippen LogP contribution in [-0.4, -0.2) is 70.7 Å². The fourth-order valence-electron chi connectivity index (χ4n) is 2.18. The van der Waals surface area contributed by atoms with E-state index in [1.807, 2.05) is 7.05 Å². The number of nitrogens with zero attached hydrogens (tertiary/aromatic N) is 2. The lowest BCUT2D eigenvalue weighted by Crippen LogP contribution is -2.50. The van der Waals surface area contributed by atoms with Crippen molar-refractivity contribution in [1.29, 1.82) is 0 Å². The molecule has 0 aromatic carbocycles. The van der Waals surface area contributed by atoms with Crippen LogP contribution < -0.4 is 0 Å². The van der Waals surface area contributed by atoms with Gasteiger partial charge in [0.25, 0.3) is 0 Å². The fraction of sp³-hybridized carbons (Fsp3) is 0.923. The number of amides is 1. The van der Waals surface area contributed by atoms with E-state index in [0.29, 0.717) is 0 Å². The maximum absolute atomic E-state index is 12.1. The first kappa shape index (κ1) is 16.2. The second kappa shape index (κ2) is 6.54. The standard InChI is InChI=1S/C13H26N2O4/c1-13(2,3)19-12(18)15(9-11(16)17)10-5-7-14(4)8-6-10/h10-11,16-17H,5-9H2,1-4H3. The Labute approximate surface area is 114 Å². The Kier molecular flexibility index (Phi) is 5.58. The van der Waals surface area contributed by atoms with E-state index in [0.717, 1.165) is 25.9 Å². The van der Waals surface area contributed by atoms with Crippen LogP contribution in [0.5, 0.6) is 0 Å². The quantitative estimate of drug-likeness (QED) is 0.738. The van der Waals surface area contributed by atoms with Crippen LogP contribution in [0, 0.1) is 0 Å². The zero-order chi connectivity index (χ0) is 14.6. The highest BCUT2D eigenvalue weighted by molar-refractivity contribution is 5.68. The molecule has 6 heteroatoms. The van der Waals surface area contributed by atoms with Gasteiger partial charge in [0.15, 0.2) is 6.29 Å². The molecular weight excluding hydrogens is 248 g/mol. The molecule has 0 spiro atoms. The predicted octanol–water partition coefficient (Wildman–Crippen LogP) is 0.628. The summed E-state index contributed by atoms with van der Waals surface area (Å²) < 4.78 is 5.33. The molecule has 2 N–H and O–H groups in total. The van der Waals surface area contributed by atoms with Crippen molar-refractivity contribution < 1.29 is 19.7 Å². The first-order valence-corrected chi connectivity index (χ1v) is 6.73. The summed E-state index contributed by atoms with van der Waals surface area (Å²) in [5.41, 5.74) is -0.582. The van der Waals surface area contributed by atoms with Gasteiger partial charge in [-0.2, -0.15) is 0 Å². The van der Waals surface area contributed by atoms with E-state index in [2.05, 4.69) is 4.90 Å². The van der Waals surface area contributed by atoms with Crippen LogP contribution in [0.2, 0.25) is 0 Å². The van der Waals surface area contributed by atoms with Crippen LogP contribution in [0.15, 0.2) is 0 Å². The van der Waals surface area contributed by atoms with E-state index in [-0.39, 0.29) is 12.6 Å². The van der Waals surface area contributed by atoms with Gasteiger partial charge in [0, 0.05) is 6.04 Å². The van der Waals surface area contributed by atoms with Gasteiger partial charge in [-0.3, -0.25) is 0 Å². The molecule has 112 valence electrons. The van der Waals surface area contributed by atoms with E-state index >= 15 is 0 Å². The summed E-state index contributed by atoms with van der Waals surface area (Å²) in [6.07, 6.45) is -0.368. The third-order valence-corrected chi connectivity index (χ3v) is 3.12. The van der Waals surface area contributed by atoms with Gasteiger partial charge < -0.3 is 24.7 Å². The van der Waals surface area contributed by atoms with Gasteiger partial charge in [-0.05, 0) is 53.8 Å². The summed E-state index contributed by atoms with van der Waals surface area (Å²) >= 11 is 0. The van der Waals surface area contributed by atoms with E-state index in [4.69, 9.17) is 14.9 Å². The minimum absolute atomic E-state index is 0.00727. The van der Waals surface area contributed by atoms with E-state index in [1.54, 1.807) is 20.8 Å². The SMILES string of the molecule is CN1CCC(N(CC(O)O)C(=O)OC(C)(C)C)CC1. The number of hydrogen-bond acceptors (Lipinski definition) is 5. The molecule has 0 aromatic rings. The Morgan fingerprint density at radius 1 is 1.37 bits per heavy atom. The van der Waals surface area contributed by atoms with E-state index < -0.39 is 18.0 Å². The van der Waals surface area contributed by atoms with Crippen molar-refractivity contribution >= 4 is 6.09 Å². The van der Waals surface area contributed by atoms with E-state index in [9.17, 15) is 4.79 Å². The summed E-state index contributed by atoms with van der Waals surface area (Å²) in [4.78, 5) is 15.8. The molecule has 1 aliphatic heterocycles. The number of aliphatic hydroxyl groups is 2. The van der Waals surface area contributed by atoms with Crippen LogP contribution in [0.1, 0.15) is 33.6 Å². The minimum atomic E-state index is -1.54. The smallest absolute Gasteiger partial charge is 0.410 e. The second-order valence-electron chi connectivity index (χ2n) is 6.15. The average Bonchev–Trinajstić information content (AvgIpc) is 2.24. The zero-order valence-corrected chi connectivity index (χ0v) is 12.3. The minimum Gasteiger partial charge on any atom is -0.444 e. The van der Waals surface area contributed by atoms with Gasteiger partial charge in [-0.15, -0.1) is 0 Å². The van der Waals surface area contributed by atoms with Gasteiger partial charge >= 0.3 is 6.09 Å². The van der Waals surface area contributed by atoms with Gasteiger partial charge in [0.1, 0.15) is 5.60 Å². The molecule has 0 aromatic heterocycles. The van der Waals surface area contributed by atoms with Gasteiger partial charge in [-0.25, -0.2) is 4.79 Å². The van der Waals surface area contributed by atoms with Crippen molar-refractivity contribution in [3.8, 4) is 0 Å². The molecule has 1 amide bonds. The molecule has 0 atom stereocenters. The lowest BCUT2D eigenvalue weighted by molar-refractivity contribution is -0.0752. The van der Waals surface area contributed by atoms with Crippen molar-refractivity contribution in [2.75, 3.05) is 26.7 Å². The van der Waals surface area contributed by atoms with Crippen LogP contribution in [0.25, 0.3) is 0 Å². The molecule has 1 rings (SSSR count). The third kappa shape index (κ3) is 5.76. The number of hydrogen-bond donors (Lipinski definition) is 2. The highest BCUT2D eigenvalue weighted by Gasteiger charge is 2.31. The van der Waals surface area contributed by atoms with Crippen LogP contribution in [0.4, 0.5) is 4.79 Å². The monoisotopic (exact) mass is 274 g/mol. The molecule has 0 aliphatic carbocycles. The molecular formula is C13H26N2O4. The first-order chi connectivity index (χ1) is 8.69. The Morgan fingerprint density at radius 2 is 1.89 bits per heavy atom. The van der Waals surface area contributed by atoms with Crippen LogP contribution in [0.3, 0.4) is 0 Å². The van der Waals surface area contributed by atoms with Crippen LogP contribution in [-0.2, 0) is 4.74 Å². The average molecular weight is 274 g/mol. The first-order valence-electron chi connectivity index (χ1n) is 6.73. The maximum atomic E-state index is 12.1. The topological polar surface area (TPSA) is 73.2 Å². The number of carbonyl (C=O) groups excluding carboxylic acids is 1. The van der Waals surface area contributed by atoms with Gasteiger partial charge in [0.05, 0.1) is 6.54 Å². The Morgan fingerprint density at radius 3 is 2.32 bits per heavy atom. The third-order valence-electron chi connectivity index (χ3n) is 3.12. The lowest BCUT2D eigenvalue weighted by atomic mass is 10.0. The molecule has 19 heavy (non-hydrogen) atoms. The maximum Gasteiger partial charge on any atom is 0.410 e. The Hall–Kier alpha value is -0.850. The second-order valence-corrected chi connectivity index (χ2v) is 6.15. The largest absolute Gasteiger partial charge is 0.444 e. The number of likely N-dealkylation sites (tertiary alicyclic amines) is 1. The number of carbonyl (C=O) groups is 1. The molecule has 6 nitrogen and oxygen atoms in total. The molecule has 0 bridgehead atoms. The number of aliphatic hydroxyl groups excluding tert-OH is 1. The summed E-state index contributed by atoms with van der Waals surface area (Å²) in [5, 5.41) is 18.3. The van der Waals surface area contributed by atoms with Crippen LogP contribution >= 0.6 is 0 Å². The Balaban J connectivity index is 2.68. The lowest BCUT2D eigenvalue weighted by Gasteiger charge is -2.38. The highest BCUT2D eigenvalue weighted by Crippen LogP contribution is 2.19. The van der Waals surface area contributed by atoms with Gasteiger partial charge in [0.2, 0.25) is 0 Å². The van der Waals surface area contributed by atoms with Gasteiger partial charge in [-0.1, -0.05) is 0 Å². The molecule has 1 aliphatic rings. The zero-order valence-electron chi connectivity index (χ0n) is 12.3. The molecule has 1 saturated heterocycles. The molecule has 1 heterocycles. The molecule has 0 unspecified atom stereocenters. The van der Waals surface area contributed by atoms with Crippen molar-refractivity contribution in [3.63, 3.8) is 0 Å². The van der Waals surface area contributed by atoms with E-state index in [1.165, 1.54) is 4.90 Å². The highest BCUT2D eigenvalue weighted by atomic mass is 16.6. The molecule has 1 fully saturated rings. The normalized spacial score (nSPS) is 18.7. The summed E-state index contributed by atoms with van der Waals surface area (Å²) in [6.45, 7) is 7.08. The summed E-state index contributed by atoms with van der Waals surface area (Å²) in [5.74, 6) is 0. The predicted molar refractivity (Wildman–Crippen MR) is 71.7 cm³/mol. The fourth-order valence-corrected chi connectivity index (χ4v) is 2.18. The summed E-state index contributed by atoms with van der Waals surface area (Å²) in [6, 6.07) is 0.00727.